The minimum absolute atomic E-state index is 0.242. The fraction of sp³-hybridized carbons (Fsp3) is 0.0667. The Morgan fingerprint density at radius 1 is 0.576 bits per heavy atom. The Bertz CT molecular complexity index is 1390. The number of hydrogen-bond acceptors (Lipinski definition) is 2. The van der Waals surface area contributed by atoms with E-state index in [0.717, 1.165) is 0 Å². The number of benzene rings is 4. The summed E-state index contributed by atoms with van der Waals surface area (Å²) in [5, 5.41) is 0. The van der Waals surface area contributed by atoms with Gasteiger partial charge in [-0.25, -0.2) is 0 Å². The fourth-order valence-corrected chi connectivity index (χ4v) is 6.06. The lowest BCUT2D eigenvalue weighted by Gasteiger charge is -2.52. The van der Waals surface area contributed by atoms with E-state index in [1.807, 2.05) is 0 Å². The van der Waals surface area contributed by atoms with Crippen molar-refractivity contribution >= 4 is 40.4 Å². The molecule has 0 spiro atoms. The minimum Gasteiger partial charge on any atom is -0.335 e. The first-order chi connectivity index (χ1) is 16.4. The number of para-hydroxylation sites is 4. The third-order valence-corrected chi connectivity index (χ3v) is 7.29. The predicted octanol–water partition coefficient (Wildman–Crippen LogP) is 5.79. The van der Waals surface area contributed by atoms with Crippen molar-refractivity contribution in [1.29, 1.82) is 0 Å². The molecule has 7 rings (SSSR count). The summed E-state index contributed by atoms with van der Waals surface area (Å²) in [5.41, 5.74) is 9.23. The monoisotopic (exact) mass is 422 g/mol. The van der Waals surface area contributed by atoms with Crippen LogP contribution >= 0.6 is 0 Å². The summed E-state index contributed by atoms with van der Waals surface area (Å²) < 4.78 is 0. The molecule has 33 heavy (non-hydrogen) atoms. The smallest absolute Gasteiger partial charge is 0.226 e. The first kappa shape index (κ1) is 18.6. The zero-order valence-electron chi connectivity index (χ0n) is 18.3. The van der Waals surface area contributed by atoms with Crippen LogP contribution in [0.4, 0.5) is 22.7 Å². The summed E-state index contributed by atoms with van der Waals surface area (Å²) in [7, 11) is 0. The van der Waals surface area contributed by atoms with E-state index in [1.165, 1.54) is 39.4 Å². The highest BCUT2D eigenvalue weighted by molar-refractivity contribution is 6.90. The van der Waals surface area contributed by atoms with Crippen LogP contribution in [0.5, 0.6) is 0 Å². The van der Waals surface area contributed by atoms with E-state index in [1.54, 1.807) is 0 Å². The lowest BCUT2D eigenvalue weighted by atomic mass is 9.28. The van der Waals surface area contributed by atoms with Crippen LogP contribution < -0.4 is 20.7 Å². The summed E-state index contributed by atoms with van der Waals surface area (Å²) in [4.78, 5) is 5.02. The molecule has 0 N–H and O–H groups in total. The first-order valence-electron chi connectivity index (χ1n) is 11.7. The van der Waals surface area contributed by atoms with Gasteiger partial charge in [-0.15, -0.1) is 0 Å². The van der Waals surface area contributed by atoms with Crippen LogP contribution in [0.2, 0.25) is 5.82 Å². The van der Waals surface area contributed by atoms with Crippen molar-refractivity contribution < 1.29 is 0 Å². The van der Waals surface area contributed by atoms with Crippen molar-refractivity contribution in [3.63, 3.8) is 0 Å². The van der Waals surface area contributed by atoms with E-state index in [4.69, 9.17) is 0 Å². The number of allylic oxidation sites excluding steroid dienone is 2. The minimum atomic E-state index is 0.242. The lowest BCUT2D eigenvalue weighted by Crippen LogP contribution is -2.63. The van der Waals surface area contributed by atoms with Gasteiger partial charge in [-0.2, -0.15) is 0 Å². The van der Waals surface area contributed by atoms with Crippen molar-refractivity contribution in [2.45, 2.75) is 11.9 Å². The first-order valence-corrected chi connectivity index (χ1v) is 11.7. The molecule has 2 nitrogen and oxygen atoms in total. The molecule has 4 aromatic rings. The van der Waals surface area contributed by atoms with E-state index >= 15 is 0 Å². The van der Waals surface area contributed by atoms with Crippen LogP contribution in [0.1, 0.15) is 0 Å². The predicted molar refractivity (Wildman–Crippen MR) is 140 cm³/mol. The summed E-state index contributed by atoms with van der Waals surface area (Å²) in [6, 6.07) is 39.8. The Kier molecular flexibility index (Phi) is 4.10. The Hall–Kier alpha value is -3.98. The van der Waals surface area contributed by atoms with Gasteiger partial charge in [0.25, 0.3) is 0 Å². The van der Waals surface area contributed by atoms with Crippen molar-refractivity contribution in [2.75, 3.05) is 9.80 Å². The normalized spacial score (nSPS) is 20.0. The highest BCUT2D eigenvalue weighted by Crippen LogP contribution is 2.49. The maximum absolute atomic E-state index is 2.54. The van der Waals surface area contributed by atoms with Crippen LogP contribution in [-0.2, 0) is 0 Å². The summed E-state index contributed by atoms with van der Waals surface area (Å²) >= 11 is 0. The van der Waals surface area contributed by atoms with Gasteiger partial charge >= 0.3 is 0 Å². The molecule has 0 saturated carbocycles. The van der Waals surface area contributed by atoms with Crippen molar-refractivity contribution in [1.82, 2.24) is 0 Å². The second-order valence-corrected chi connectivity index (χ2v) is 8.96. The summed E-state index contributed by atoms with van der Waals surface area (Å²) in [5.74, 6) is 0.320. The van der Waals surface area contributed by atoms with Crippen LogP contribution in [0.15, 0.2) is 133 Å². The lowest BCUT2D eigenvalue weighted by molar-refractivity contribution is 0.722. The zero-order chi connectivity index (χ0) is 21.8. The third kappa shape index (κ3) is 2.69. The fourth-order valence-electron chi connectivity index (χ4n) is 6.06. The molecule has 0 radical (unpaired) electrons. The number of anilines is 4. The Morgan fingerprint density at radius 3 is 1.88 bits per heavy atom. The van der Waals surface area contributed by atoms with Crippen LogP contribution in [0.25, 0.3) is 0 Å². The number of rotatable bonds is 2. The molecule has 3 aliphatic rings. The molecule has 156 valence electrons. The van der Waals surface area contributed by atoms with Gasteiger partial charge in [0.15, 0.2) is 0 Å². The number of hydrogen-bond donors (Lipinski definition) is 0. The zero-order valence-corrected chi connectivity index (χ0v) is 18.3. The average molecular weight is 422 g/mol. The van der Waals surface area contributed by atoms with Crippen molar-refractivity contribution in [2.24, 2.45) is 0 Å². The quantitative estimate of drug-likeness (QED) is 0.377. The molecule has 0 aromatic heterocycles. The Morgan fingerprint density at radius 2 is 1.15 bits per heavy atom. The number of fused-ring (bicyclic) bond motifs is 4. The maximum atomic E-state index is 2.54. The van der Waals surface area contributed by atoms with E-state index in [0.29, 0.717) is 12.5 Å². The van der Waals surface area contributed by atoms with Gasteiger partial charge in [0.1, 0.15) is 0 Å². The SMILES string of the molecule is C1=CC2C3B(c4ccccc4N(c4ccccc4)C3=C1)c1ccccc1N2c1ccccc1. The maximum Gasteiger partial charge on any atom is 0.226 e. The molecule has 2 atom stereocenters. The molecule has 0 fully saturated rings. The molecule has 3 heteroatoms. The van der Waals surface area contributed by atoms with Crippen LogP contribution in [0.3, 0.4) is 0 Å². The average Bonchev–Trinajstić information content (AvgIpc) is 2.89. The van der Waals surface area contributed by atoms with Gasteiger partial charge in [0.2, 0.25) is 6.71 Å². The van der Waals surface area contributed by atoms with Gasteiger partial charge in [-0.3, -0.25) is 0 Å². The molecular formula is C30H23BN2. The van der Waals surface area contributed by atoms with Gasteiger partial charge in [0.05, 0.1) is 6.04 Å². The van der Waals surface area contributed by atoms with Gasteiger partial charge in [0, 0.05) is 34.3 Å². The van der Waals surface area contributed by atoms with E-state index in [9.17, 15) is 0 Å². The van der Waals surface area contributed by atoms with E-state index < -0.39 is 0 Å². The van der Waals surface area contributed by atoms with E-state index in [2.05, 4.69) is 137 Å². The molecule has 2 aliphatic heterocycles. The molecule has 4 aromatic carbocycles. The molecule has 1 aliphatic carbocycles. The third-order valence-electron chi connectivity index (χ3n) is 7.29. The van der Waals surface area contributed by atoms with Gasteiger partial charge in [-0.1, -0.05) is 90.4 Å². The highest BCUT2D eigenvalue weighted by atomic mass is 15.2. The molecule has 2 unspecified atom stereocenters. The summed E-state index contributed by atoms with van der Waals surface area (Å²) in [6.07, 6.45) is 6.97. The number of nitrogens with zero attached hydrogens (tertiary/aromatic N) is 2. The highest BCUT2D eigenvalue weighted by Gasteiger charge is 2.51. The van der Waals surface area contributed by atoms with E-state index in [-0.39, 0.29) is 6.04 Å². The van der Waals surface area contributed by atoms with Gasteiger partial charge < -0.3 is 9.80 Å². The summed E-state index contributed by atoms with van der Waals surface area (Å²) in [6.45, 7) is 0.318. The van der Waals surface area contributed by atoms with Crippen molar-refractivity contribution in [3.05, 3.63) is 133 Å². The van der Waals surface area contributed by atoms with Crippen LogP contribution in [0, 0.1) is 0 Å². The molecular weight excluding hydrogens is 399 g/mol. The molecule has 2 heterocycles. The molecule has 0 amide bonds. The van der Waals surface area contributed by atoms with Gasteiger partial charge in [-0.05, 0) is 47.9 Å². The largest absolute Gasteiger partial charge is 0.335 e. The standard InChI is InChI=1S/C30H23BN2/c1-3-12-22(13-4-1)32-26-18-9-7-16-24(26)31-25-17-8-10-19-27(25)33(23-14-5-2-6-15-23)29-21-11-20-28(32)30(29)31/h1-21,28,30H. The Balaban J connectivity index is 1.53. The molecule has 0 saturated heterocycles. The Labute approximate surface area is 195 Å². The van der Waals surface area contributed by atoms with Crippen LogP contribution in [-0.4, -0.2) is 12.8 Å². The topological polar surface area (TPSA) is 6.48 Å². The van der Waals surface area contributed by atoms with Crippen molar-refractivity contribution in [3.8, 4) is 0 Å². The molecule has 0 bridgehead atoms. The second-order valence-electron chi connectivity index (χ2n) is 8.96. The second kappa shape index (κ2) is 7.28.